The molecule has 5 nitrogen and oxygen atoms in total. The van der Waals surface area contributed by atoms with Gasteiger partial charge in [0.2, 0.25) is 0 Å². The Morgan fingerprint density at radius 1 is 1.31 bits per heavy atom. The largest absolute Gasteiger partial charge is 0.334 e. The molecule has 0 saturated carbocycles. The summed E-state index contributed by atoms with van der Waals surface area (Å²) in [5.74, 6) is 1.76. The summed E-state index contributed by atoms with van der Waals surface area (Å²) in [7, 11) is 0. The van der Waals surface area contributed by atoms with Crippen molar-refractivity contribution < 1.29 is 4.52 Å². The molecule has 0 aliphatic carbocycles. The highest BCUT2D eigenvalue weighted by Crippen LogP contribution is 2.22. The molecular weight excluding hydrogens is 204 g/mol. The average Bonchev–Trinajstić information content (AvgIpc) is 3.01. The third kappa shape index (κ3) is 1.69. The lowest BCUT2D eigenvalue weighted by atomic mass is 10.1. The van der Waals surface area contributed by atoms with Gasteiger partial charge in [-0.2, -0.15) is 4.98 Å². The molecule has 3 heterocycles. The first-order valence-electron chi connectivity index (χ1n) is 5.38. The van der Waals surface area contributed by atoms with Crippen molar-refractivity contribution in [3.05, 3.63) is 30.4 Å². The zero-order valence-electron chi connectivity index (χ0n) is 8.76. The zero-order valence-corrected chi connectivity index (χ0v) is 8.76. The predicted molar refractivity (Wildman–Crippen MR) is 57.8 cm³/mol. The normalized spacial score (nSPS) is 20.1. The smallest absolute Gasteiger partial charge is 0.258 e. The van der Waals surface area contributed by atoms with Crippen LogP contribution in [0.15, 0.2) is 29.0 Å². The Kier molecular flexibility index (Phi) is 2.38. The van der Waals surface area contributed by atoms with Crippen LogP contribution in [0.1, 0.15) is 18.2 Å². The van der Waals surface area contributed by atoms with Crippen LogP contribution in [0.25, 0.3) is 11.5 Å². The maximum Gasteiger partial charge on any atom is 0.258 e. The predicted octanol–water partition coefficient (Wildman–Crippen LogP) is 1.21. The minimum absolute atomic E-state index is 0.388. The summed E-state index contributed by atoms with van der Waals surface area (Å²) in [5, 5.41) is 7.32. The second-order valence-electron chi connectivity index (χ2n) is 3.88. The van der Waals surface area contributed by atoms with Crippen LogP contribution < -0.4 is 5.32 Å². The Morgan fingerprint density at radius 2 is 2.19 bits per heavy atom. The second kappa shape index (κ2) is 4.02. The SMILES string of the molecule is c1cc(-c2nc([C@H]3CCNC3)no2)ccn1. The summed E-state index contributed by atoms with van der Waals surface area (Å²) in [6.45, 7) is 1.97. The van der Waals surface area contributed by atoms with Gasteiger partial charge in [-0.1, -0.05) is 5.16 Å². The fourth-order valence-corrected chi connectivity index (χ4v) is 1.89. The van der Waals surface area contributed by atoms with Gasteiger partial charge >= 0.3 is 0 Å². The van der Waals surface area contributed by atoms with E-state index >= 15 is 0 Å². The molecule has 1 aliphatic rings. The van der Waals surface area contributed by atoms with Gasteiger partial charge in [-0.25, -0.2) is 0 Å². The molecule has 0 aromatic carbocycles. The molecule has 0 radical (unpaired) electrons. The number of aromatic nitrogens is 3. The van der Waals surface area contributed by atoms with Gasteiger partial charge < -0.3 is 9.84 Å². The molecular formula is C11H12N4O. The Morgan fingerprint density at radius 3 is 2.94 bits per heavy atom. The zero-order chi connectivity index (χ0) is 10.8. The van der Waals surface area contributed by atoms with Crippen molar-refractivity contribution in [1.29, 1.82) is 0 Å². The van der Waals surface area contributed by atoms with Crippen molar-refractivity contribution in [2.45, 2.75) is 12.3 Å². The van der Waals surface area contributed by atoms with Gasteiger partial charge in [0.15, 0.2) is 5.82 Å². The Labute approximate surface area is 92.9 Å². The third-order valence-corrected chi connectivity index (χ3v) is 2.79. The highest BCUT2D eigenvalue weighted by molar-refractivity contribution is 5.51. The van der Waals surface area contributed by atoms with Crippen molar-refractivity contribution in [2.24, 2.45) is 0 Å². The third-order valence-electron chi connectivity index (χ3n) is 2.79. The summed E-state index contributed by atoms with van der Waals surface area (Å²) >= 11 is 0. The quantitative estimate of drug-likeness (QED) is 0.817. The molecule has 3 rings (SSSR count). The van der Waals surface area contributed by atoms with E-state index in [2.05, 4.69) is 20.4 Å². The van der Waals surface area contributed by atoms with E-state index in [4.69, 9.17) is 4.52 Å². The molecule has 0 spiro atoms. The van der Waals surface area contributed by atoms with Crippen molar-refractivity contribution in [3.8, 4) is 11.5 Å². The van der Waals surface area contributed by atoms with Crippen LogP contribution in [0.4, 0.5) is 0 Å². The summed E-state index contributed by atoms with van der Waals surface area (Å²) in [6.07, 6.45) is 4.52. The van der Waals surface area contributed by atoms with E-state index in [0.717, 1.165) is 30.9 Å². The molecule has 1 atom stereocenters. The van der Waals surface area contributed by atoms with Gasteiger partial charge in [-0.3, -0.25) is 4.98 Å². The fraction of sp³-hybridized carbons (Fsp3) is 0.364. The van der Waals surface area contributed by atoms with Crippen LogP contribution in [0, 0.1) is 0 Å². The molecule has 1 N–H and O–H groups in total. The summed E-state index contributed by atoms with van der Waals surface area (Å²) in [6, 6.07) is 3.73. The topological polar surface area (TPSA) is 63.8 Å². The molecule has 0 unspecified atom stereocenters. The summed E-state index contributed by atoms with van der Waals surface area (Å²) in [5.41, 5.74) is 0.916. The lowest BCUT2D eigenvalue weighted by Gasteiger charge is -1.98. The van der Waals surface area contributed by atoms with Crippen LogP contribution in [-0.4, -0.2) is 28.2 Å². The van der Waals surface area contributed by atoms with E-state index in [1.807, 2.05) is 12.1 Å². The van der Waals surface area contributed by atoms with Crippen LogP contribution in [0.3, 0.4) is 0 Å². The molecule has 5 heteroatoms. The molecule has 0 bridgehead atoms. The second-order valence-corrected chi connectivity index (χ2v) is 3.88. The van der Waals surface area contributed by atoms with E-state index in [-0.39, 0.29) is 0 Å². The van der Waals surface area contributed by atoms with Crippen LogP contribution in [0.2, 0.25) is 0 Å². The first-order valence-corrected chi connectivity index (χ1v) is 5.38. The maximum absolute atomic E-state index is 5.25. The van der Waals surface area contributed by atoms with Crippen LogP contribution in [0.5, 0.6) is 0 Å². The Bertz CT molecular complexity index is 462. The molecule has 1 aliphatic heterocycles. The van der Waals surface area contributed by atoms with Gasteiger partial charge in [0.05, 0.1) is 0 Å². The monoisotopic (exact) mass is 216 g/mol. The minimum atomic E-state index is 0.388. The Hall–Kier alpha value is -1.75. The van der Waals surface area contributed by atoms with Gasteiger partial charge in [-0.15, -0.1) is 0 Å². The van der Waals surface area contributed by atoms with Crippen molar-refractivity contribution >= 4 is 0 Å². The van der Waals surface area contributed by atoms with Gasteiger partial charge in [0.25, 0.3) is 5.89 Å². The average molecular weight is 216 g/mol. The fourth-order valence-electron chi connectivity index (χ4n) is 1.89. The van der Waals surface area contributed by atoms with Gasteiger partial charge in [0.1, 0.15) is 0 Å². The maximum atomic E-state index is 5.25. The number of nitrogens with one attached hydrogen (secondary N) is 1. The van der Waals surface area contributed by atoms with Crippen LogP contribution >= 0.6 is 0 Å². The summed E-state index contributed by atoms with van der Waals surface area (Å²) < 4.78 is 5.25. The standard InChI is InChI=1S/C11H12N4O/c1-4-12-5-2-8(1)11-14-10(15-16-11)9-3-6-13-7-9/h1-2,4-5,9,13H,3,6-7H2/t9-/m0/s1. The van der Waals surface area contributed by atoms with E-state index < -0.39 is 0 Å². The van der Waals surface area contributed by atoms with Crippen molar-refractivity contribution in [2.75, 3.05) is 13.1 Å². The highest BCUT2D eigenvalue weighted by Gasteiger charge is 2.22. The van der Waals surface area contributed by atoms with Crippen LogP contribution in [-0.2, 0) is 0 Å². The highest BCUT2D eigenvalue weighted by atomic mass is 16.5. The molecule has 16 heavy (non-hydrogen) atoms. The lowest BCUT2D eigenvalue weighted by Crippen LogP contribution is -2.08. The van der Waals surface area contributed by atoms with Gasteiger partial charge in [0, 0.05) is 30.4 Å². The number of nitrogens with zero attached hydrogens (tertiary/aromatic N) is 3. The van der Waals surface area contributed by atoms with E-state index in [0.29, 0.717) is 11.8 Å². The molecule has 0 amide bonds. The number of hydrogen-bond donors (Lipinski definition) is 1. The van der Waals surface area contributed by atoms with E-state index in [1.165, 1.54) is 0 Å². The number of hydrogen-bond acceptors (Lipinski definition) is 5. The number of rotatable bonds is 2. The van der Waals surface area contributed by atoms with Crippen molar-refractivity contribution in [3.63, 3.8) is 0 Å². The first-order chi connectivity index (χ1) is 7.93. The molecule has 1 saturated heterocycles. The Balaban J connectivity index is 1.87. The molecule has 2 aromatic heterocycles. The van der Waals surface area contributed by atoms with E-state index in [1.54, 1.807) is 12.4 Å². The number of pyridine rings is 1. The minimum Gasteiger partial charge on any atom is -0.334 e. The van der Waals surface area contributed by atoms with Crippen molar-refractivity contribution in [1.82, 2.24) is 20.4 Å². The first kappa shape index (κ1) is 9.47. The van der Waals surface area contributed by atoms with E-state index in [9.17, 15) is 0 Å². The molecule has 1 fully saturated rings. The summed E-state index contributed by atoms with van der Waals surface area (Å²) in [4.78, 5) is 8.37. The van der Waals surface area contributed by atoms with Gasteiger partial charge in [-0.05, 0) is 25.1 Å². The molecule has 82 valence electrons. The lowest BCUT2D eigenvalue weighted by molar-refractivity contribution is 0.417. The molecule has 2 aromatic rings.